The van der Waals surface area contributed by atoms with Gasteiger partial charge in [0.15, 0.2) is 0 Å². The fraction of sp³-hybridized carbons (Fsp3) is 0.923. The zero-order valence-electron chi connectivity index (χ0n) is 11.3. The van der Waals surface area contributed by atoms with E-state index in [0.717, 1.165) is 19.6 Å². The number of nitrogens with one attached hydrogen (secondary N) is 1. The standard InChI is InChI=1S/C13H26N2O2/c1-10(2)12(13(16)17)14-11(3)9-15-7-5-4-6-8-15/h10-12,14H,4-9H2,1-3H3,(H,16,17). The molecule has 0 spiro atoms. The van der Waals surface area contributed by atoms with Gasteiger partial charge in [-0.3, -0.25) is 4.79 Å². The van der Waals surface area contributed by atoms with Gasteiger partial charge < -0.3 is 15.3 Å². The minimum absolute atomic E-state index is 0.122. The molecule has 1 aliphatic heterocycles. The number of hydrogen-bond donors (Lipinski definition) is 2. The van der Waals surface area contributed by atoms with E-state index in [2.05, 4.69) is 17.1 Å². The van der Waals surface area contributed by atoms with Crippen LogP contribution in [0.2, 0.25) is 0 Å². The SMILES string of the molecule is CC(CN1CCCCC1)NC(C(=O)O)C(C)C. The van der Waals surface area contributed by atoms with Gasteiger partial charge in [-0.1, -0.05) is 20.3 Å². The molecule has 1 heterocycles. The Hall–Kier alpha value is -0.610. The molecular formula is C13H26N2O2. The van der Waals surface area contributed by atoms with Crippen molar-refractivity contribution in [2.75, 3.05) is 19.6 Å². The number of carbonyl (C=O) groups is 1. The van der Waals surface area contributed by atoms with Crippen molar-refractivity contribution >= 4 is 5.97 Å². The van der Waals surface area contributed by atoms with Crippen LogP contribution in [-0.2, 0) is 4.79 Å². The van der Waals surface area contributed by atoms with E-state index in [1.165, 1.54) is 19.3 Å². The Morgan fingerprint density at radius 2 is 1.82 bits per heavy atom. The number of hydrogen-bond acceptors (Lipinski definition) is 3. The zero-order valence-corrected chi connectivity index (χ0v) is 11.3. The molecule has 0 aromatic heterocycles. The van der Waals surface area contributed by atoms with Gasteiger partial charge >= 0.3 is 5.97 Å². The minimum Gasteiger partial charge on any atom is -0.480 e. The van der Waals surface area contributed by atoms with Crippen molar-refractivity contribution in [1.82, 2.24) is 10.2 Å². The second kappa shape index (κ2) is 6.97. The topological polar surface area (TPSA) is 52.6 Å². The van der Waals surface area contributed by atoms with Crippen molar-refractivity contribution in [3.8, 4) is 0 Å². The van der Waals surface area contributed by atoms with E-state index in [1.807, 2.05) is 13.8 Å². The van der Waals surface area contributed by atoms with Gasteiger partial charge in [0.25, 0.3) is 0 Å². The molecule has 0 aromatic rings. The van der Waals surface area contributed by atoms with Crippen LogP contribution in [0.25, 0.3) is 0 Å². The summed E-state index contributed by atoms with van der Waals surface area (Å²) in [6.07, 6.45) is 3.89. The monoisotopic (exact) mass is 242 g/mol. The average Bonchev–Trinajstić information content (AvgIpc) is 2.26. The summed E-state index contributed by atoms with van der Waals surface area (Å²) < 4.78 is 0. The van der Waals surface area contributed by atoms with Crippen molar-refractivity contribution in [2.45, 2.75) is 52.1 Å². The minimum atomic E-state index is -0.745. The molecule has 17 heavy (non-hydrogen) atoms. The molecule has 0 aliphatic carbocycles. The van der Waals surface area contributed by atoms with E-state index in [4.69, 9.17) is 5.11 Å². The van der Waals surface area contributed by atoms with Crippen LogP contribution in [0, 0.1) is 5.92 Å². The molecule has 1 rings (SSSR count). The Morgan fingerprint density at radius 1 is 1.24 bits per heavy atom. The van der Waals surface area contributed by atoms with Gasteiger partial charge in [-0.25, -0.2) is 0 Å². The first-order valence-corrected chi connectivity index (χ1v) is 6.72. The first-order chi connectivity index (χ1) is 8.00. The van der Waals surface area contributed by atoms with Crippen LogP contribution < -0.4 is 5.32 Å². The maximum Gasteiger partial charge on any atom is 0.320 e. The first-order valence-electron chi connectivity index (χ1n) is 6.72. The Morgan fingerprint density at radius 3 is 2.29 bits per heavy atom. The van der Waals surface area contributed by atoms with E-state index in [-0.39, 0.29) is 12.0 Å². The summed E-state index contributed by atoms with van der Waals surface area (Å²) in [5.41, 5.74) is 0. The Labute approximate surface area is 104 Å². The van der Waals surface area contributed by atoms with Crippen molar-refractivity contribution in [1.29, 1.82) is 0 Å². The Kier molecular flexibility index (Phi) is 5.92. The molecule has 4 heteroatoms. The zero-order chi connectivity index (χ0) is 12.8. The number of carboxylic acids is 1. The molecule has 100 valence electrons. The van der Waals surface area contributed by atoms with Crippen molar-refractivity contribution < 1.29 is 9.90 Å². The molecule has 0 bridgehead atoms. The molecule has 2 atom stereocenters. The van der Waals surface area contributed by atoms with Gasteiger partial charge in [0.2, 0.25) is 0 Å². The second-order valence-electron chi connectivity index (χ2n) is 5.49. The van der Waals surface area contributed by atoms with E-state index in [1.54, 1.807) is 0 Å². The lowest BCUT2D eigenvalue weighted by molar-refractivity contribution is -0.140. The molecule has 2 N–H and O–H groups in total. The van der Waals surface area contributed by atoms with Crippen LogP contribution in [0.4, 0.5) is 0 Å². The van der Waals surface area contributed by atoms with Crippen molar-refractivity contribution in [3.63, 3.8) is 0 Å². The molecule has 1 aliphatic rings. The number of piperidine rings is 1. The first kappa shape index (κ1) is 14.5. The van der Waals surface area contributed by atoms with Crippen LogP contribution in [0.3, 0.4) is 0 Å². The summed E-state index contributed by atoms with van der Waals surface area (Å²) in [4.78, 5) is 13.5. The lowest BCUT2D eigenvalue weighted by Gasteiger charge is -2.31. The van der Waals surface area contributed by atoms with Gasteiger partial charge in [0, 0.05) is 12.6 Å². The van der Waals surface area contributed by atoms with Crippen LogP contribution in [-0.4, -0.2) is 47.7 Å². The molecule has 0 aromatic carbocycles. The third-order valence-electron chi connectivity index (χ3n) is 3.38. The highest BCUT2D eigenvalue weighted by atomic mass is 16.4. The number of aliphatic carboxylic acids is 1. The van der Waals surface area contributed by atoms with E-state index in [9.17, 15) is 4.79 Å². The van der Waals surface area contributed by atoms with E-state index >= 15 is 0 Å². The molecule has 1 saturated heterocycles. The predicted molar refractivity (Wildman–Crippen MR) is 69.2 cm³/mol. The third kappa shape index (κ3) is 5.04. The highest BCUT2D eigenvalue weighted by Gasteiger charge is 2.24. The highest BCUT2D eigenvalue weighted by Crippen LogP contribution is 2.10. The highest BCUT2D eigenvalue weighted by molar-refractivity contribution is 5.73. The lowest BCUT2D eigenvalue weighted by atomic mass is 10.0. The summed E-state index contributed by atoms with van der Waals surface area (Å²) in [5.74, 6) is -0.623. The van der Waals surface area contributed by atoms with Crippen LogP contribution in [0.1, 0.15) is 40.0 Å². The molecular weight excluding hydrogens is 216 g/mol. The molecule has 0 radical (unpaired) electrons. The maximum atomic E-state index is 11.1. The smallest absolute Gasteiger partial charge is 0.320 e. The lowest BCUT2D eigenvalue weighted by Crippen LogP contribution is -2.50. The second-order valence-corrected chi connectivity index (χ2v) is 5.49. The van der Waals surface area contributed by atoms with Gasteiger partial charge in [0.05, 0.1) is 0 Å². The van der Waals surface area contributed by atoms with E-state index < -0.39 is 12.0 Å². The van der Waals surface area contributed by atoms with Gasteiger partial charge in [0.1, 0.15) is 6.04 Å². The normalized spacial score (nSPS) is 21.4. The molecule has 0 amide bonds. The average molecular weight is 242 g/mol. The van der Waals surface area contributed by atoms with Crippen LogP contribution >= 0.6 is 0 Å². The Balaban J connectivity index is 2.35. The Bertz CT molecular complexity index is 238. The third-order valence-corrected chi connectivity index (χ3v) is 3.38. The van der Waals surface area contributed by atoms with Gasteiger partial charge in [-0.2, -0.15) is 0 Å². The van der Waals surface area contributed by atoms with Crippen LogP contribution in [0.5, 0.6) is 0 Å². The number of rotatable bonds is 6. The molecule has 2 unspecified atom stereocenters. The fourth-order valence-corrected chi connectivity index (χ4v) is 2.44. The number of carboxylic acid groups (broad SMARTS) is 1. The predicted octanol–water partition coefficient (Wildman–Crippen LogP) is 1.56. The number of nitrogens with zero attached hydrogens (tertiary/aromatic N) is 1. The quantitative estimate of drug-likeness (QED) is 0.742. The fourth-order valence-electron chi connectivity index (χ4n) is 2.44. The summed E-state index contributed by atoms with van der Waals surface area (Å²) in [5, 5.41) is 12.3. The molecule has 0 saturated carbocycles. The largest absolute Gasteiger partial charge is 0.480 e. The summed E-state index contributed by atoms with van der Waals surface area (Å²) in [7, 11) is 0. The summed E-state index contributed by atoms with van der Waals surface area (Å²) in [6, 6.07) is -0.202. The summed E-state index contributed by atoms with van der Waals surface area (Å²) in [6.45, 7) is 9.24. The summed E-state index contributed by atoms with van der Waals surface area (Å²) >= 11 is 0. The van der Waals surface area contributed by atoms with Gasteiger partial charge in [-0.15, -0.1) is 0 Å². The van der Waals surface area contributed by atoms with Crippen molar-refractivity contribution in [3.05, 3.63) is 0 Å². The van der Waals surface area contributed by atoms with Gasteiger partial charge in [-0.05, 0) is 38.8 Å². The number of likely N-dealkylation sites (tertiary alicyclic amines) is 1. The molecule has 4 nitrogen and oxygen atoms in total. The van der Waals surface area contributed by atoms with Crippen molar-refractivity contribution in [2.24, 2.45) is 5.92 Å². The van der Waals surface area contributed by atoms with E-state index in [0.29, 0.717) is 0 Å². The van der Waals surface area contributed by atoms with Crippen LogP contribution in [0.15, 0.2) is 0 Å². The maximum absolute atomic E-state index is 11.1. The molecule has 1 fully saturated rings.